The molecular formula is C36H42N4O. The highest BCUT2D eigenvalue weighted by atomic mass is 16.5. The van der Waals surface area contributed by atoms with Gasteiger partial charge in [0, 0.05) is 40.5 Å². The number of hydrogen-bond donors (Lipinski definition) is 1. The molecule has 2 aromatic heterocycles. The maximum absolute atomic E-state index is 7.45. The lowest BCUT2D eigenvalue weighted by atomic mass is 9.55. The van der Waals surface area contributed by atoms with Gasteiger partial charge in [-0.2, -0.15) is 0 Å². The van der Waals surface area contributed by atoms with Gasteiger partial charge in [-0.05, 0) is 107 Å². The van der Waals surface area contributed by atoms with Gasteiger partial charge in [0.25, 0.3) is 0 Å². The quantitative estimate of drug-likeness (QED) is 0.327. The molecule has 3 saturated heterocycles. The molecule has 3 aromatic rings. The van der Waals surface area contributed by atoms with Crippen molar-refractivity contribution in [1.29, 1.82) is 0 Å². The Morgan fingerprint density at radius 2 is 1.85 bits per heavy atom. The molecule has 1 spiro atoms. The SMILES string of the molecule is C1=CCCC23C=C(c4nccc5c4[nH]c4ccccc45)C4CCN(CCCC1)CC41CC4C=CCCCC(O2)N4C31. The molecule has 41 heavy (non-hydrogen) atoms. The molecule has 1 aromatic carbocycles. The number of allylic oxidation sites excluding steroid dienone is 4. The van der Waals surface area contributed by atoms with Crippen molar-refractivity contribution in [3.8, 4) is 0 Å². The minimum atomic E-state index is -0.277. The topological polar surface area (TPSA) is 44.4 Å². The predicted octanol–water partition coefficient (Wildman–Crippen LogP) is 7.22. The molecule has 212 valence electrons. The predicted molar refractivity (Wildman–Crippen MR) is 165 cm³/mol. The fourth-order valence-electron chi connectivity index (χ4n) is 10.1. The van der Waals surface area contributed by atoms with E-state index >= 15 is 0 Å². The molecular weight excluding hydrogens is 504 g/mol. The molecule has 1 N–H and O–H groups in total. The van der Waals surface area contributed by atoms with Crippen molar-refractivity contribution in [2.45, 2.75) is 88.1 Å². The van der Waals surface area contributed by atoms with Crippen molar-refractivity contribution in [3.63, 3.8) is 0 Å². The molecule has 5 nitrogen and oxygen atoms in total. The van der Waals surface area contributed by atoms with E-state index in [-0.39, 0.29) is 17.2 Å². The fraction of sp³-hybridized carbons (Fsp3) is 0.528. The van der Waals surface area contributed by atoms with E-state index in [1.165, 1.54) is 97.7 Å². The van der Waals surface area contributed by atoms with Crippen LogP contribution in [0.1, 0.15) is 69.9 Å². The van der Waals surface area contributed by atoms with E-state index < -0.39 is 0 Å². The van der Waals surface area contributed by atoms with Gasteiger partial charge in [0.05, 0.1) is 17.3 Å². The average Bonchev–Trinajstić information content (AvgIpc) is 3.62. The maximum atomic E-state index is 7.45. The molecule has 5 aliphatic heterocycles. The standard InChI is InChI=1S/C36H42N4O/c1-2-4-11-20-39-21-17-29-28(32-33-27(16-19-37-32)26-13-8-9-14-30(26)38-33)23-36(18-10-3-1)34-35(29,24-39)22-25-12-6-5-7-15-31(41-36)40(25)34/h1,3,6,8-9,12-14,16,19,23,25,29,31,34,38H,2,4-5,7,10-11,15,17-18,20-22,24H2. The van der Waals surface area contributed by atoms with Crippen LogP contribution in [-0.4, -0.2) is 63.3 Å². The molecule has 0 radical (unpaired) electrons. The second-order valence-electron chi connectivity index (χ2n) is 13.7. The molecule has 9 rings (SSSR count). The Morgan fingerprint density at radius 3 is 2.85 bits per heavy atom. The van der Waals surface area contributed by atoms with Gasteiger partial charge in [-0.15, -0.1) is 0 Å². The van der Waals surface area contributed by atoms with Crippen molar-refractivity contribution in [2.75, 3.05) is 19.6 Å². The Bertz CT molecular complexity index is 1580. The molecule has 0 amide bonds. The monoisotopic (exact) mass is 546 g/mol. The molecule has 7 unspecified atom stereocenters. The number of rotatable bonds is 1. The number of hydrogen-bond acceptors (Lipinski definition) is 4. The number of ether oxygens (including phenoxy) is 1. The highest BCUT2D eigenvalue weighted by Gasteiger charge is 2.71. The summed E-state index contributed by atoms with van der Waals surface area (Å²) in [5.74, 6) is 0.492. The maximum Gasteiger partial charge on any atom is 0.112 e. The van der Waals surface area contributed by atoms with Gasteiger partial charge >= 0.3 is 0 Å². The number of piperidine rings is 1. The fourth-order valence-corrected chi connectivity index (χ4v) is 10.1. The highest BCUT2D eigenvalue weighted by Crippen LogP contribution is 2.65. The Balaban J connectivity index is 1.29. The molecule has 7 heterocycles. The summed E-state index contributed by atoms with van der Waals surface area (Å²) >= 11 is 0. The number of aromatic nitrogens is 2. The Labute approximate surface area is 243 Å². The first-order valence-corrected chi connectivity index (χ1v) is 16.3. The van der Waals surface area contributed by atoms with Gasteiger partial charge in [-0.1, -0.05) is 42.5 Å². The van der Waals surface area contributed by atoms with Crippen LogP contribution in [0.2, 0.25) is 0 Å². The van der Waals surface area contributed by atoms with E-state index in [9.17, 15) is 0 Å². The second-order valence-corrected chi connectivity index (χ2v) is 13.7. The average molecular weight is 547 g/mol. The third kappa shape index (κ3) is 3.61. The van der Waals surface area contributed by atoms with E-state index in [1.54, 1.807) is 0 Å². The van der Waals surface area contributed by atoms with Crippen LogP contribution < -0.4 is 0 Å². The number of nitrogens with one attached hydrogen (secondary N) is 1. The smallest absolute Gasteiger partial charge is 0.112 e. The van der Waals surface area contributed by atoms with Crippen molar-refractivity contribution >= 4 is 27.4 Å². The molecule has 5 heteroatoms. The second kappa shape index (κ2) is 9.39. The van der Waals surface area contributed by atoms with Crippen LogP contribution in [0.15, 0.2) is 66.9 Å². The first-order chi connectivity index (χ1) is 20.3. The molecule has 6 aliphatic rings. The summed E-state index contributed by atoms with van der Waals surface area (Å²) < 4.78 is 7.45. The van der Waals surface area contributed by atoms with Crippen LogP contribution in [0.4, 0.5) is 0 Å². The van der Waals surface area contributed by atoms with Crippen molar-refractivity contribution in [2.24, 2.45) is 11.3 Å². The summed E-state index contributed by atoms with van der Waals surface area (Å²) in [6.07, 6.45) is 26.7. The van der Waals surface area contributed by atoms with Crippen molar-refractivity contribution < 1.29 is 4.74 Å². The van der Waals surface area contributed by atoms with Crippen LogP contribution in [-0.2, 0) is 4.74 Å². The van der Waals surface area contributed by atoms with Crippen molar-refractivity contribution in [3.05, 3.63) is 72.6 Å². The Hall–Kier alpha value is -2.73. The van der Waals surface area contributed by atoms with Crippen LogP contribution >= 0.6 is 0 Å². The number of pyridine rings is 1. The third-order valence-electron chi connectivity index (χ3n) is 11.5. The number of fused-ring (bicyclic) bond motifs is 4. The Morgan fingerprint density at radius 1 is 0.927 bits per heavy atom. The largest absolute Gasteiger partial charge is 0.353 e. The molecule has 3 fully saturated rings. The number of nitrogens with zero attached hydrogens (tertiary/aromatic N) is 3. The van der Waals surface area contributed by atoms with Gasteiger partial charge in [0.15, 0.2) is 0 Å². The summed E-state index contributed by atoms with van der Waals surface area (Å²) in [6, 6.07) is 11.8. The van der Waals surface area contributed by atoms with Gasteiger partial charge in [-0.3, -0.25) is 9.88 Å². The minimum Gasteiger partial charge on any atom is -0.353 e. The van der Waals surface area contributed by atoms with Crippen LogP contribution in [0.3, 0.4) is 0 Å². The Kier molecular flexibility index (Phi) is 5.69. The van der Waals surface area contributed by atoms with Crippen LogP contribution in [0.25, 0.3) is 27.4 Å². The van der Waals surface area contributed by atoms with E-state index in [0.29, 0.717) is 18.0 Å². The number of aromatic amines is 1. The van der Waals surface area contributed by atoms with Gasteiger partial charge in [0.2, 0.25) is 0 Å². The zero-order valence-electron chi connectivity index (χ0n) is 24.1. The lowest BCUT2D eigenvalue weighted by Crippen LogP contribution is -2.62. The van der Waals surface area contributed by atoms with Gasteiger partial charge in [-0.25, -0.2) is 0 Å². The van der Waals surface area contributed by atoms with Gasteiger partial charge < -0.3 is 14.6 Å². The first kappa shape index (κ1) is 24.8. The van der Waals surface area contributed by atoms with Crippen molar-refractivity contribution in [1.82, 2.24) is 19.8 Å². The summed E-state index contributed by atoms with van der Waals surface area (Å²) in [5, 5.41) is 2.58. The summed E-state index contributed by atoms with van der Waals surface area (Å²) in [5.41, 5.74) is 4.92. The molecule has 3 bridgehead atoms. The minimum absolute atomic E-state index is 0.171. The van der Waals surface area contributed by atoms with Gasteiger partial charge in [0.1, 0.15) is 11.8 Å². The zero-order chi connectivity index (χ0) is 27.0. The first-order valence-electron chi connectivity index (χ1n) is 16.3. The molecule has 1 aliphatic carbocycles. The summed E-state index contributed by atoms with van der Waals surface area (Å²) in [6.45, 7) is 3.60. The lowest BCUT2D eigenvalue weighted by Gasteiger charge is -2.56. The van der Waals surface area contributed by atoms with E-state index in [1.807, 2.05) is 6.20 Å². The van der Waals surface area contributed by atoms with Crippen LogP contribution in [0.5, 0.6) is 0 Å². The van der Waals surface area contributed by atoms with Crippen LogP contribution in [0, 0.1) is 11.3 Å². The van der Waals surface area contributed by atoms with E-state index in [2.05, 4.69) is 75.5 Å². The molecule has 7 atom stereocenters. The highest BCUT2D eigenvalue weighted by molar-refractivity contribution is 6.09. The number of benzene rings is 1. The zero-order valence-corrected chi connectivity index (χ0v) is 24.1. The summed E-state index contributed by atoms with van der Waals surface area (Å²) in [7, 11) is 0. The number of para-hydroxylation sites is 1. The molecule has 0 saturated carbocycles. The lowest BCUT2D eigenvalue weighted by molar-refractivity contribution is -0.0733. The normalized spacial score (nSPS) is 38.6. The van der Waals surface area contributed by atoms with E-state index in [0.717, 1.165) is 19.3 Å². The third-order valence-corrected chi connectivity index (χ3v) is 11.5. The van der Waals surface area contributed by atoms with E-state index in [4.69, 9.17) is 9.72 Å². The summed E-state index contributed by atoms with van der Waals surface area (Å²) in [4.78, 5) is 14.7. The number of H-pyrrole nitrogens is 1.